The van der Waals surface area contributed by atoms with Crippen LogP contribution in [-0.4, -0.2) is 0 Å². The molecule has 0 saturated carbocycles. The van der Waals surface area contributed by atoms with Crippen molar-refractivity contribution in [3.8, 4) is 55.6 Å². The Morgan fingerprint density at radius 3 is 0.804 bits per heavy atom. The maximum absolute atomic E-state index is 6.78. The lowest BCUT2D eigenvalue weighted by atomic mass is 9.84. The average Bonchev–Trinajstić information content (AvgIpc) is 3.26. The third-order valence-corrected chi connectivity index (χ3v) is 12.3. The minimum absolute atomic E-state index is 0.831. The summed E-state index contributed by atoms with van der Waals surface area (Å²) in [6.45, 7) is 0. The summed E-state index contributed by atoms with van der Waals surface area (Å²) >= 11 is 0. The molecule has 14 rings (SSSR count). The smallest absolute Gasteiger partial charge is 0.136 e. The molecule has 4 heteroatoms. The van der Waals surface area contributed by atoms with Crippen LogP contribution in [0.1, 0.15) is 0 Å². The first-order chi connectivity index (χ1) is 27.8. The van der Waals surface area contributed by atoms with Gasteiger partial charge in [0.25, 0.3) is 0 Å². The van der Waals surface area contributed by atoms with Crippen LogP contribution in [-0.2, 0) is 0 Å². The van der Waals surface area contributed by atoms with Crippen LogP contribution in [0.5, 0.6) is 0 Å². The van der Waals surface area contributed by atoms with Gasteiger partial charge >= 0.3 is 0 Å². The standard InChI is InChI=1S/C52H26O4/c1-3-7-27(8-4-1)29-11-19-37-45-33(29)15-23-41-49(45)51-43(53-37)25-17-35-31(13-21-39(55-41)47(35)51)32-14-22-40-48-36(32)18-26-44-52(48)50-42(56-40)24-16-34-30(28-9-5-2-6-10-28)12-20-38(54-44)46(34)50/h1-26H. The Morgan fingerprint density at radius 1 is 0.214 bits per heavy atom. The van der Waals surface area contributed by atoms with E-state index in [1.807, 2.05) is 0 Å². The number of hydrogen-bond donors (Lipinski definition) is 0. The van der Waals surface area contributed by atoms with Crippen molar-refractivity contribution in [2.24, 2.45) is 0 Å². The van der Waals surface area contributed by atoms with Crippen molar-refractivity contribution in [1.82, 2.24) is 0 Å². The quantitative estimate of drug-likeness (QED) is 0.135. The molecule has 0 N–H and O–H groups in total. The third-order valence-electron chi connectivity index (χ3n) is 12.3. The third kappa shape index (κ3) is 3.55. The normalized spacial score (nSPS) is 12.6. The summed E-state index contributed by atoms with van der Waals surface area (Å²) in [5.74, 6) is 0. The van der Waals surface area contributed by atoms with Gasteiger partial charge in [-0.05, 0) is 128 Å². The highest BCUT2D eigenvalue weighted by molar-refractivity contribution is 6.29. The summed E-state index contributed by atoms with van der Waals surface area (Å²) in [7, 11) is 0. The van der Waals surface area contributed by atoms with Gasteiger partial charge in [-0.1, -0.05) is 84.9 Å². The predicted molar refractivity (Wildman–Crippen MR) is 227 cm³/mol. The van der Waals surface area contributed by atoms with Gasteiger partial charge < -0.3 is 17.7 Å². The number of rotatable bonds is 3. The lowest BCUT2D eigenvalue weighted by Gasteiger charge is -2.23. The topological polar surface area (TPSA) is 52.6 Å². The van der Waals surface area contributed by atoms with Gasteiger partial charge in [-0.3, -0.25) is 0 Å². The van der Waals surface area contributed by atoms with E-state index >= 15 is 0 Å². The van der Waals surface area contributed by atoms with E-state index in [4.69, 9.17) is 17.7 Å². The highest BCUT2D eigenvalue weighted by Crippen LogP contribution is 2.54. The van der Waals surface area contributed by atoms with Crippen LogP contribution in [0.25, 0.3) is 143 Å². The van der Waals surface area contributed by atoms with Crippen LogP contribution in [0.4, 0.5) is 0 Å². The van der Waals surface area contributed by atoms with Crippen molar-refractivity contribution < 1.29 is 17.7 Å². The van der Waals surface area contributed by atoms with E-state index in [1.165, 1.54) is 22.3 Å². The van der Waals surface area contributed by atoms with Gasteiger partial charge in [-0.2, -0.15) is 0 Å². The predicted octanol–water partition coefficient (Wildman–Crippen LogP) is 15.4. The summed E-state index contributed by atoms with van der Waals surface area (Å²) in [6.07, 6.45) is 0. The number of hydrogen-bond acceptors (Lipinski definition) is 4. The zero-order valence-corrected chi connectivity index (χ0v) is 29.6. The van der Waals surface area contributed by atoms with E-state index in [1.54, 1.807) is 0 Å². The molecule has 0 amide bonds. The summed E-state index contributed by atoms with van der Waals surface area (Å²) in [5, 5.41) is 8.80. The molecule has 4 aliphatic heterocycles. The molecule has 0 fully saturated rings. The fourth-order valence-corrected chi connectivity index (χ4v) is 9.94. The molecule has 0 atom stereocenters. The van der Waals surface area contributed by atoms with Crippen molar-refractivity contribution in [1.29, 1.82) is 0 Å². The summed E-state index contributed by atoms with van der Waals surface area (Å²) in [5.41, 5.74) is 18.0. The Bertz CT molecular complexity index is 3550. The zero-order chi connectivity index (χ0) is 36.2. The largest absolute Gasteiger partial charge is 0.456 e. The summed E-state index contributed by atoms with van der Waals surface area (Å²) in [4.78, 5) is 0. The van der Waals surface area contributed by atoms with E-state index in [-0.39, 0.29) is 0 Å². The van der Waals surface area contributed by atoms with Crippen molar-refractivity contribution >= 4 is 87.8 Å². The van der Waals surface area contributed by atoms with Crippen LogP contribution in [0.3, 0.4) is 0 Å². The van der Waals surface area contributed by atoms with E-state index in [2.05, 4.69) is 158 Å². The van der Waals surface area contributed by atoms with Crippen molar-refractivity contribution in [3.63, 3.8) is 0 Å². The molecular weight excluding hydrogens is 689 g/mol. The maximum atomic E-state index is 6.78. The monoisotopic (exact) mass is 714 g/mol. The van der Waals surface area contributed by atoms with Gasteiger partial charge in [-0.15, -0.1) is 0 Å². The molecule has 4 nitrogen and oxygen atoms in total. The van der Waals surface area contributed by atoms with Crippen molar-refractivity contribution in [2.45, 2.75) is 0 Å². The Morgan fingerprint density at radius 2 is 0.482 bits per heavy atom. The van der Waals surface area contributed by atoms with Gasteiger partial charge in [0.15, 0.2) is 0 Å². The Balaban J connectivity index is 1.04. The fraction of sp³-hybridized carbons (Fsp3) is 0. The molecule has 0 unspecified atom stereocenters. The van der Waals surface area contributed by atoms with Gasteiger partial charge in [-0.25, -0.2) is 0 Å². The lowest BCUT2D eigenvalue weighted by Crippen LogP contribution is -1.97. The molecular formula is C52H26O4. The Labute approximate surface area is 317 Å². The number of benzene rings is 10. The Kier molecular flexibility index (Phi) is 5.23. The van der Waals surface area contributed by atoms with Crippen LogP contribution < -0.4 is 0 Å². The molecule has 0 saturated heterocycles. The van der Waals surface area contributed by atoms with Gasteiger partial charge in [0.2, 0.25) is 0 Å². The van der Waals surface area contributed by atoms with E-state index in [0.29, 0.717) is 0 Å². The van der Waals surface area contributed by atoms with Crippen LogP contribution >= 0.6 is 0 Å². The summed E-state index contributed by atoms with van der Waals surface area (Å²) < 4.78 is 27.0. The van der Waals surface area contributed by atoms with Crippen LogP contribution in [0, 0.1) is 0 Å². The SMILES string of the molecule is c1ccc(-c2ccc3oc4ccc5c(-c6ccc7oc8ccc9c(-c%10ccccc%10)ccc%10oc%11ccc6c7c%11-c8c%109)ccc6oc7ccc2c3c7-c4c65)cc1. The van der Waals surface area contributed by atoms with E-state index in [9.17, 15) is 0 Å². The van der Waals surface area contributed by atoms with Gasteiger partial charge in [0.05, 0.1) is 0 Å². The molecule has 4 aliphatic rings. The maximum Gasteiger partial charge on any atom is 0.136 e. The van der Waals surface area contributed by atoms with Crippen molar-refractivity contribution in [3.05, 3.63) is 158 Å². The molecule has 4 heterocycles. The first-order valence-electron chi connectivity index (χ1n) is 19.0. The highest BCUT2D eigenvalue weighted by atomic mass is 16.3. The molecule has 0 radical (unpaired) electrons. The molecule has 0 spiro atoms. The van der Waals surface area contributed by atoms with Crippen LogP contribution in [0.2, 0.25) is 0 Å². The first kappa shape index (κ1) is 28.9. The van der Waals surface area contributed by atoms with Crippen molar-refractivity contribution in [2.75, 3.05) is 0 Å². The molecule has 56 heavy (non-hydrogen) atoms. The molecule has 258 valence electrons. The molecule has 10 aromatic rings. The zero-order valence-electron chi connectivity index (χ0n) is 29.6. The van der Waals surface area contributed by atoms with Gasteiger partial charge in [0, 0.05) is 43.8 Å². The minimum Gasteiger partial charge on any atom is -0.456 e. The fourth-order valence-electron chi connectivity index (χ4n) is 9.94. The molecule has 0 aromatic heterocycles. The Hall–Kier alpha value is -7.56. The van der Waals surface area contributed by atoms with E-state index < -0.39 is 0 Å². The second-order valence-electron chi connectivity index (χ2n) is 15.0. The second kappa shape index (κ2) is 10.1. The average molecular weight is 715 g/mol. The van der Waals surface area contributed by atoms with Gasteiger partial charge in [0.1, 0.15) is 44.7 Å². The first-order valence-corrected chi connectivity index (χ1v) is 19.0. The van der Waals surface area contributed by atoms with E-state index in [0.717, 1.165) is 121 Å². The second-order valence-corrected chi connectivity index (χ2v) is 15.0. The molecule has 0 bridgehead atoms. The lowest BCUT2D eigenvalue weighted by molar-refractivity contribution is 0.646. The minimum atomic E-state index is 0.831. The molecule has 10 aromatic carbocycles. The van der Waals surface area contributed by atoms with Crippen LogP contribution in [0.15, 0.2) is 175 Å². The molecule has 0 aliphatic carbocycles. The summed E-state index contributed by atoms with van der Waals surface area (Å²) in [6, 6.07) is 55.5. The highest BCUT2D eigenvalue weighted by Gasteiger charge is 2.29.